The molecule has 3 nitrogen and oxygen atoms in total. The highest BCUT2D eigenvalue weighted by Gasteiger charge is 2.05. The lowest BCUT2D eigenvalue weighted by Gasteiger charge is -2.13. The largest absolute Gasteiger partial charge is 0.491 e. The van der Waals surface area contributed by atoms with Crippen molar-refractivity contribution in [2.45, 2.75) is 20.8 Å². The monoisotopic (exact) mass is 270 g/mol. The smallest absolute Gasteiger partial charge is 0.170 e. The Bertz CT molecular complexity index is 410. The summed E-state index contributed by atoms with van der Waals surface area (Å²) in [7, 11) is 0. The highest BCUT2D eigenvalue weighted by atomic mass is 32.1. The van der Waals surface area contributed by atoms with E-state index in [9.17, 15) is 4.39 Å². The number of anilines is 1. The maximum Gasteiger partial charge on any atom is 0.170 e. The Morgan fingerprint density at radius 3 is 2.72 bits per heavy atom. The van der Waals surface area contributed by atoms with Gasteiger partial charge in [-0.05, 0) is 37.2 Å². The molecule has 5 heteroatoms. The van der Waals surface area contributed by atoms with Gasteiger partial charge < -0.3 is 15.4 Å². The van der Waals surface area contributed by atoms with Crippen molar-refractivity contribution in [3.8, 4) is 5.75 Å². The van der Waals surface area contributed by atoms with Gasteiger partial charge in [-0.25, -0.2) is 4.39 Å². The van der Waals surface area contributed by atoms with E-state index in [-0.39, 0.29) is 5.75 Å². The normalized spacial score (nSPS) is 10.3. The number of rotatable bonds is 5. The highest BCUT2D eigenvalue weighted by Crippen LogP contribution is 2.20. The molecule has 0 bridgehead atoms. The molecule has 0 aliphatic rings. The summed E-state index contributed by atoms with van der Waals surface area (Å²) in [6.45, 7) is 7.22. The topological polar surface area (TPSA) is 33.3 Å². The van der Waals surface area contributed by atoms with Gasteiger partial charge in [-0.15, -0.1) is 0 Å². The molecule has 0 aliphatic heterocycles. The Labute approximate surface area is 113 Å². The van der Waals surface area contributed by atoms with Crippen LogP contribution in [0.15, 0.2) is 18.2 Å². The second kappa shape index (κ2) is 7.16. The minimum Gasteiger partial charge on any atom is -0.491 e. The Morgan fingerprint density at radius 1 is 1.44 bits per heavy atom. The van der Waals surface area contributed by atoms with E-state index in [1.807, 2.05) is 6.92 Å². The third kappa shape index (κ3) is 4.87. The van der Waals surface area contributed by atoms with E-state index in [1.54, 1.807) is 12.1 Å². The van der Waals surface area contributed by atoms with Crippen molar-refractivity contribution in [3.05, 3.63) is 24.0 Å². The van der Waals surface area contributed by atoms with E-state index in [0.29, 0.717) is 23.3 Å². The van der Waals surface area contributed by atoms with Gasteiger partial charge in [0.25, 0.3) is 0 Å². The molecule has 1 rings (SSSR count). The molecule has 1 aromatic rings. The van der Waals surface area contributed by atoms with Gasteiger partial charge in [0.15, 0.2) is 16.7 Å². The molecule has 0 fully saturated rings. The third-order valence-electron chi connectivity index (χ3n) is 2.16. The van der Waals surface area contributed by atoms with Crippen LogP contribution in [0.4, 0.5) is 10.1 Å². The lowest BCUT2D eigenvalue weighted by molar-refractivity contribution is 0.321. The standard InChI is InChI=1S/C13H19FN2OS/c1-4-17-12-6-5-10(7-11(12)14)16-13(18)15-8-9(2)3/h5-7,9H,4,8H2,1-3H3,(H2,15,16,18). The van der Waals surface area contributed by atoms with Crippen LogP contribution in [0, 0.1) is 11.7 Å². The number of nitrogens with one attached hydrogen (secondary N) is 2. The third-order valence-corrected chi connectivity index (χ3v) is 2.41. The Balaban J connectivity index is 2.57. The number of hydrogen-bond acceptors (Lipinski definition) is 2. The van der Waals surface area contributed by atoms with Gasteiger partial charge in [-0.1, -0.05) is 13.8 Å². The van der Waals surface area contributed by atoms with E-state index in [2.05, 4.69) is 24.5 Å². The number of thiocarbonyl (C=S) groups is 1. The van der Waals surface area contributed by atoms with Crippen LogP contribution in [0.25, 0.3) is 0 Å². The molecule has 0 amide bonds. The predicted molar refractivity (Wildman–Crippen MR) is 76.6 cm³/mol. The quantitative estimate of drug-likeness (QED) is 0.805. The van der Waals surface area contributed by atoms with E-state index in [1.165, 1.54) is 6.07 Å². The summed E-state index contributed by atoms with van der Waals surface area (Å²) >= 11 is 5.11. The van der Waals surface area contributed by atoms with E-state index in [4.69, 9.17) is 17.0 Å². The summed E-state index contributed by atoms with van der Waals surface area (Å²) in [4.78, 5) is 0. The summed E-state index contributed by atoms with van der Waals surface area (Å²) in [5.41, 5.74) is 0.609. The van der Waals surface area contributed by atoms with Crippen LogP contribution >= 0.6 is 12.2 Å². The summed E-state index contributed by atoms with van der Waals surface area (Å²) in [6, 6.07) is 4.69. The first-order valence-corrected chi connectivity index (χ1v) is 6.41. The average Bonchev–Trinajstić information content (AvgIpc) is 2.30. The van der Waals surface area contributed by atoms with Gasteiger partial charge in [0.1, 0.15) is 0 Å². The fourth-order valence-electron chi connectivity index (χ4n) is 1.32. The molecule has 0 aromatic heterocycles. The number of ether oxygens (including phenoxy) is 1. The molecule has 0 aliphatic carbocycles. The maximum atomic E-state index is 13.6. The summed E-state index contributed by atoms with van der Waals surface area (Å²) < 4.78 is 18.7. The van der Waals surface area contributed by atoms with E-state index in [0.717, 1.165) is 6.54 Å². The zero-order valence-corrected chi connectivity index (χ0v) is 11.7. The molecule has 0 heterocycles. The highest BCUT2D eigenvalue weighted by molar-refractivity contribution is 7.80. The Hall–Kier alpha value is -1.36. The van der Waals surface area contributed by atoms with E-state index < -0.39 is 5.82 Å². The van der Waals surface area contributed by atoms with Crippen molar-refractivity contribution >= 4 is 23.0 Å². The van der Waals surface area contributed by atoms with Crippen molar-refractivity contribution < 1.29 is 9.13 Å². The first-order chi connectivity index (χ1) is 8.52. The number of halogens is 1. The molecule has 1 aromatic carbocycles. The van der Waals surface area contributed by atoms with Crippen molar-refractivity contribution in [3.63, 3.8) is 0 Å². The summed E-state index contributed by atoms with van der Waals surface area (Å²) in [5.74, 6) is 0.361. The van der Waals surface area contributed by atoms with Crippen LogP contribution < -0.4 is 15.4 Å². The van der Waals surface area contributed by atoms with Crippen LogP contribution in [0.3, 0.4) is 0 Å². The minimum atomic E-state index is -0.395. The molecule has 18 heavy (non-hydrogen) atoms. The molecule has 0 radical (unpaired) electrons. The van der Waals surface area contributed by atoms with Crippen LogP contribution in [0.5, 0.6) is 5.75 Å². The van der Waals surface area contributed by atoms with Gasteiger partial charge in [-0.3, -0.25) is 0 Å². The molecular weight excluding hydrogens is 251 g/mol. The van der Waals surface area contributed by atoms with Gasteiger partial charge in [-0.2, -0.15) is 0 Å². The van der Waals surface area contributed by atoms with Gasteiger partial charge in [0.05, 0.1) is 6.61 Å². The van der Waals surface area contributed by atoms with Gasteiger partial charge in [0, 0.05) is 18.3 Å². The predicted octanol–water partition coefficient (Wildman–Crippen LogP) is 3.17. The van der Waals surface area contributed by atoms with Crippen LogP contribution in [0.1, 0.15) is 20.8 Å². The molecule has 0 saturated carbocycles. The lowest BCUT2D eigenvalue weighted by atomic mass is 10.2. The number of benzene rings is 1. The van der Waals surface area contributed by atoms with Crippen molar-refractivity contribution in [2.24, 2.45) is 5.92 Å². The second-order valence-corrected chi connectivity index (χ2v) is 4.72. The zero-order valence-electron chi connectivity index (χ0n) is 10.9. The molecule has 0 spiro atoms. The molecule has 100 valence electrons. The molecule has 0 saturated heterocycles. The van der Waals surface area contributed by atoms with Gasteiger partial charge in [0.2, 0.25) is 0 Å². The lowest BCUT2D eigenvalue weighted by Crippen LogP contribution is -2.31. The van der Waals surface area contributed by atoms with Crippen molar-refractivity contribution in [2.75, 3.05) is 18.5 Å². The first-order valence-electron chi connectivity index (χ1n) is 6.00. The second-order valence-electron chi connectivity index (χ2n) is 4.31. The van der Waals surface area contributed by atoms with E-state index >= 15 is 0 Å². The zero-order chi connectivity index (χ0) is 13.5. The number of hydrogen-bond donors (Lipinski definition) is 2. The average molecular weight is 270 g/mol. The summed E-state index contributed by atoms with van der Waals surface area (Å²) in [5, 5.41) is 6.48. The summed E-state index contributed by atoms with van der Waals surface area (Å²) in [6.07, 6.45) is 0. The Morgan fingerprint density at radius 2 is 2.17 bits per heavy atom. The van der Waals surface area contributed by atoms with Crippen LogP contribution in [0.2, 0.25) is 0 Å². The van der Waals surface area contributed by atoms with Crippen LogP contribution in [-0.4, -0.2) is 18.3 Å². The van der Waals surface area contributed by atoms with Gasteiger partial charge >= 0.3 is 0 Å². The molecule has 0 unspecified atom stereocenters. The molecular formula is C13H19FN2OS. The maximum absolute atomic E-state index is 13.6. The SMILES string of the molecule is CCOc1ccc(NC(=S)NCC(C)C)cc1F. The molecule has 2 N–H and O–H groups in total. The van der Waals surface area contributed by atoms with Crippen LogP contribution in [-0.2, 0) is 0 Å². The molecule has 0 atom stereocenters. The Kier molecular flexibility index (Phi) is 5.85. The van der Waals surface area contributed by atoms with Crippen molar-refractivity contribution in [1.29, 1.82) is 0 Å². The fraction of sp³-hybridized carbons (Fsp3) is 0.462. The first kappa shape index (κ1) is 14.7. The minimum absolute atomic E-state index is 0.254. The van der Waals surface area contributed by atoms with Crippen molar-refractivity contribution in [1.82, 2.24) is 5.32 Å². The fourth-order valence-corrected chi connectivity index (χ4v) is 1.52.